The maximum absolute atomic E-state index is 11.6. The van der Waals surface area contributed by atoms with Gasteiger partial charge < -0.3 is 10.2 Å². The molecule has 1 atom stereocenters. The van der Waals surface area contributed by atoms with E-state index in [0.29, 0.717) is 13.0 Å². The summed E-state index contributed by atoms with van der Waals surface area (Å²) < 4.78 is 0. The zero-order chi connectivity index (χ0) is 15.3. The highest BCUT2D eigenvalue weighted by molar-refractivity contribution is 7.10. The van der Waals surface area contributed by atoms with Crippen molar-refractivity contribution in [2.24, 2.45) is 5.41 Å². The molecular formula is C16H21NO3S. The molecule has 2 rings (SSSR count). The van der Waals surface area contributed by atoms with E-state index in [9.17, 15) is 9.90 Å². The van der Waals surface area contributed by atoms with Crippen LogP contribution < -0.4 is 0 Å². The molecule has 0 aromatic carbocycles. The number of carbonyl (C=O) groups is 1. The molecule has 114 valence electrons. The number of aliphatic hydroxyl groups is 1. The molecule has 0 amide bonds. The van der Waals surface area contributed by atoms with Crippen LogP contribution in [0.3, 0.4) is 0 Å². The van der Waals surface area contributed by atoms with Crippen molar-refractivity contribution in [1.29, 1.82) is 0 Å². The average Bonchev–Trinajstić information content (AvgIpc) is 2.92. The molecule has 2 N–H and O–H groups in total. The highest BCUT2D eigenvalue weighted by Crippen LogP contribution is 2.34. The number of hydrogen-bond donors (Lipinski definition) is 2. The Kier molecular flexibility index (Phi) is 5.40. The van der Waals surface area contributed by atoms with Gasteiger partial charge in [0.2, 0.25) is 0 Å². The molecule has 2 heterocycles. The normalized spacial score (nSPS) is 22.6. The van der Waals surface area contributed by atoms with Crippen LogP contribution in [0.2, 0.25) is 0 Å². The van der Waals surface area contributed by atoms with Gasteiger partial charge in [0.25, 0.3) is 0 Å². The van der Waals surface area contributed by atoms with Crippen LogP contribution in [-0.4, -0.2) is 40.8 Å². The Bertz CT molecular complexity index is 557. The third-order valence-corrected chi connectivity index (χ3v) is 5.05. The molecule has 1 aromatic rings. The summed E-state index contributed by atoms with van der Waals surface area (Å²) in [6, 6.07) is 2.02. The van der Waals surface area contributed by atoms with Crippen molar-refractivity contribution >= 4 is 17.3 Å². The molecule has 4 nitrogen and oxygen atoms in total. The number of rotatable bonds is 4. The van der Waals surface area contributed by atoms with Crippen molar-refractivity contribution in [3.05, 3.63) is 21.9 Å². The summed E-state index contributed by atoms with van der Waals surface area (Å²) in [7, 11) is 0. The summed E-state index contributed by atoms with van der Waals surface area (Å²) >= 11 is 1.64. The SMILES string of the molecule is CC[C@@]1(C(=O)O)CCCN(Cc2cc(C#CCO)cs2)C1. The van der Waals surface area contributed by atoms with Gasteiger partial charge in [-0.25, -0.2) is 0 Å². The van der Waals surface area contributed by atoms with Gasteiger partial charge in [-0.2, -0.15) is 0 Å². The number of piperidine rings is 1. The molecule has 21 heavy (non-hydrogen) atoms. The van der Waals surface area contributed by atoms with Gasteiger partial charge in [-0.1, -0.05) is 18.8 Å². The number of likely N-dealkylation sites (tertiary alicyclic amines) is 1. The lowest BCUT2D eigenvalue weighted by molar-refractivity contribution is -0.153. The van der Waals surface area contributed by atoms with Gasteiger partial charge in [0.15, 0.2) is 0 Å². The van der Waals surface area contributed by atoms with E-state index in [0.717, 1.165) is 31.5 Å². The summed E-state index contributed by atoms with van der Waals surface area (Å²) in [5, 5.41) is 20.2. The van der Waals surface area contributed by atoms with Crippen LogP contribution in [0.1, 0.15) is 36.6 Å². The van der Waals surface area contributed by atoms with Crippen LogP contribution in [0.15, 0.2) is 11.4 Å². The summed E-state index contributed by atoms with van der Waals surface area (Å²) in [5.41, 5.74) is 0.329. The fraction of sp³-hybridized carbons (Fsp3) is 0.562. The summed E-state index contributed by atoms with van der Waals surface area (Å²) in [5.74, 6) is 4.86. The van der Waals surface area contributed by atoms with Gasteiger partial charge in [0.05, 0.1) is 5.41 Å². The Morgan fingerprint density at radius 1 is 1.57 bits per heavy atom. The molecular weight excluding hydrogens is 286 g/mol. The smallest absolute Gasteiger partial charge is 0.310 e. The Morgan fingerprint density at radius 2 is 2.38 bits per heavy atom. The van der Waals surface area contributed by atoms with Crippen molar-refractivity contribution in [3.8, 4) is 11.8 Å². The van der Waals surface area contributed by atoms with E-state index < -0.39 is 11.4 Å². The number of carboxylic acids is 1. The van der Waals surface area contributed by atoms with E-state index in [1.165, 1.54) is 4.88 Å². The number of aliphatic hydroxyl groups excluding tert-OH is 1. The average molecular weight is 307 g/mol. The van der Waals surface area contributed by atoms with E-state index in [4.69, 9.17) is 5.11 Å². The first kappa shape index (κ1) is 16.0. The van der Waals surface area contributed by atoms with Crippen molar-refractivity contribution in [3.63, 3.8) is 0 Å². The predicted octanol–water partition coefficient (Wildman–Crippen LogP) is 2.17. The van der Waals surface area contributed by atoms with E-state index in [1.807, 2.05) is 18.4 Å². The molecule has 1 aromatic heterocycles. The van der Waals surface area contributed by atoms with Gasteiger partial charge in [-0.3, -0.25) is 9.69 Å². The van der Waals surface area contributed by atoms with Gasteiger partial charge in [-0.15, -0.1) is 11.3 Å². The number of thiophene rings is 1. The quantitative estimate of drug-likeness (QED) is 0.837. The highest BCUT2D eigenvalue weighted by atomic mass is 32.1. The molecule has 1 aliphatic rings. The Morgan fingerprint density at radius 3 is 3.05 bits per heavy atom. The number of aliphatic carboxylic acids is 1. The van der Waals surface area contributed by atoms with Gasteiger partial charge in [0, 0.05) is 28.9 Å². The first-order chi connectivity index (χ1) is 10.1. The zero-order valence-corrected chi connectivity index (χ0v) is 13.1. The Hall–Kier alpha value is -1.35. The second-order valence-electron chi connectivity index (χ2n) is 5.51. The molecule has 0 bridgehead atoms. The van der Waals surface area contributed by atoms with Crippen LogP contribution in [0, 0.1) is 17.3 Å². The molecule has 0 saturated carbocycles. The molecule has 1 fully saturated rings. The van der Waals surface area contributed by atoms with Crippen molar-refractivity contribution < 1.29 is 15.0 Å². The molecule has 0 unspecified atom stereocenters. The van der Waals surface area contributed by atoms with Gasteiger partial charge >= 0.3 is 5.97 Å². The maximum Gasteiger partial charge on any atom is 0.310 e. The van der Waals surface area contributed by atoms with Crippen LogP contribution >= 0.6 is 11.3 Å². The lowest BCUT2D eigenvalue weighted by Crippen LogP contribution is -2.47. The zero-order valence-electron chi connectivity index (χ0n) is 12.3. The molecule has 0 spiro atoms. The minimum atomic E-state index is -0.671. The van der Waals surface area contributed by atoms with Gasteiger partial charge in [0.1, 0.15) is 6.61 Å². The predicted molar refractivity (Wildman–Crippen MR) is 83.2 cm³/mol. The first-order valence-corrected chi connectivity index (χ1v) is 8.10. The molecule has 1 saturated heterocycles. The minimum absolute atomic E-state index is 0.130. The van der Waals surface area contributed by atoms with Crippen molar-refractivity contribution in [1.82, 2.24) is 4.90 Å². The van der Waals surface area contributed by atoms with Crippen molar-refractivity contribution in [2.45, 2.75) is 32.7 Å². The van der Waals surface area contributed by atoms with Crippen LogP contribution in [-0.2, 0) is 11.3 Å². The molecule has 1 aliphatic heterocycles. The third kappa shape index (κ3) is 3.85. The lowest BCUT2D eigenvalue weighted by Gasteiger charge is -2.39. The van der Waals surface area contributed by atoms with E-state index >= 15 is 0 Å². The fourth-order valence-electron chi connectivity index (χ4n) is 2.87. The number of carboxylic acid groups (broad SMARTS) is 1. The topological polar surface area (TPSA) is 60.8 Å². The Balaban J connectivity index is 2.02. The third-order valence-electron chi connectivity index (χ3n) is 4.13. The van der Waals surface area contributed by atoms with Gasteiger partial charge in [-0.05, 0) is 31.9 Å². The monoisotopic (exact) mass is 307 g/mol. The van der Waals surface area contributed by atoms with Crippen LogP contribution in [0.5, 0.6) is 0 Å². The summed E-state index contributed by atoms with van der Waals surface area (Å²) in [6.07, 6.45) is 2.38. The highest BCUT2D eigenvalue weighted by Gasteiger charge is 2.40. The van der Waals surface area contributed by atoms with Crippen LogP contribution in [0.4, 0.5) is 0 Å². The fourth-order valence-corrected chi connectivity index (χ4v) is 3.73. The van der Waals surface area contributed by atoms with Crippen LogP contribution in [0.25, 0.3) is 0 Å². The standard InChI is InChI=1S/C16H21NO3S/c1-2-16(15(19)20)6-4-7-17(12-16)10-14-9-13(11-21-14)5-3-8-18/h9,11,18H,2,4,6-8,10,12H2,1H3,(H,19,20)/t16-/m1/s1. The Labute approximate surface area is 129 Å². The first-order valence-electron chi connectivity index (χ1n) is 7.22. The largest absolute Gasteiger partial charge is 0.481 e. The molecule has 5 heteroatoms. The molecule has 0 aliphatic carbocycles. The van der Waals surface area contributed by atoms with E-state index in [-0.39, 0.29) is 6.61 Å². The summed E-state index contributed by atoms with van der Waals surface area (Å²) in [6.45, 7) is 4.18. The second-order valence-corrected chi connectivity index (χ2v) is 6.51. The second kappa shape index (κ2) is 7.08. The summed E-state index contributed by atoms with van der Waals surface area (Å²) in [4.78, 5) is 15.0. The van der Waals surface area contributed by atoms with E-state index in [2.05, 4.69) is 16.7 Å². The molecule has 0 radical (unpaired) electrons. The number of hydrogen-bond acceptors (Lipinski definition) is 4. The van der Waals surface area contributed by atoms with Crippen molar-refractivity contribution in [2.75, 3.05) is 19.7 Å². The number of nitrogens with zero attached hydrogens (tertiary/aromatic N) is 1. The maximum atomic E-state index is 11.6. The lowest BCUT2D eigenvalue weighted by atomic mass is 9.77. The minimum Gasteiger partial charge on any atom is -0.481 e. The van der Waals surface area contributed by atoms with E-state index in [1.54, 1.807) is 11.3 Å².